The first-order chi connectivity index (χ1) is 14.0. The number of hydrogen-bond donors (Lipinski definition) is 2. The summed E-state index contributed by atoms with van der Waals surface area (Å²) in [5.74, 6) is 1.17. The van der Waals surface area contributed by atoms with Crippen LogP contribution in [0.4, 0.5) is 0 Å². The van der Waals surface area contributed by atoms with Gasteiger partial charge in [-0.1, -0.05) is 13.8 Å². The molecule has 1 fully saturated rings. The average Bonchev–Trinajstić information content (AvgIpc) is 3.27. The van der Waals surface area contributed by atoms with Gasteiger partial charge in [0.05, 0.1) is 16.7 Å². The van der Waals surface area contributed by atoms with E-state index >= 15 is 0 Å². The highest BCUT2D eigenvalue weighted by atomic mass is 15.3. The van der Waals surface area contributed by atoms with Crippen LogP contribution in [0.1, 0.15) is 48.6 Å². The first-order valence-electron chi connectivity index (χ1n) is 10.5. The minimum atomic E-state index is 0.364. The molecule has 5 heterocycles. The second-order valence-electron chi connectivity index (χ2n) is 8.65. The summed E-state index contributed by atoms with van der Waals surface area (Å²) >= 11 is 0. The molecule has 29 heavy (non-hydrogen) atoms. The van der Waals surface area contributed by atoms with E-state index in [4.69, 9.17) is 4.98 Å². The first kappa shape index (κ1) is 18.3. The molecule has 0 saturated carbocycles. The first-order valence-corrected chi connectivity index (χ1v) is 10.5. The van der Waals surface area contributed by atoms with E-state index in [-0.39, 0.29) is 0 Å². The van der Waals surface area contributed by atoms with Crippen molar-refractivity contribution in [2.24, 2.45) is 5.92 Å². The molecule has 1 aliphatic heterocycles. The van der Waals surface area contributed by atoms with Crippen molar-refractivity contribution < 1.29 is 0 Å². The van der Waals surface area contributed by atoms with Crippen molar-refractivity contribution in [3.8, 4) is 11.3 Å². The minimum Gasteiger partial charge on any atom is -0.353 e. The van der Waals surface area contributed by atoms with E-state index in [0.29, 0.717) is 5.92 Å². The fourth-order valence-electron chi connectivity index (χ4n) is 4.40. The van der Waals surface area contributed by atoms with E-state index in [2.05, 4.69) is 66.4 Å². The second kappa shape index (κ2) is 6.95. The zero-order valence-corrected chi connectivity index (χ0v) is 17.6. The van der Waals surface area contributed by atoms with Crippen molar-refractivity contribution in [3.63, 3.8) is 0 Å². The largest absolute Gasteiger partial charge is 0.353 e. The SMILES string of the molecule is Cc1c(-c2[nH]c3ccc(CCC4CNC4)nc3c2C(C)C)cn2ncnc2c1C. The fraction of sp³-hybridized carbons (Fsp3) is 0.435. The number of nitrogens with zero attached hydrogens (tertiary/aromatic N) is 4. The van der Waals surface area contributed by atoms with Gasteiger partial charge in [0.2, 0.25) is 0 Å². The fourth-order valence-corrected chi connectivity index (χ4v) is 4.40. The standard InChI is InChI=1S/C23H28N6/c1-13(2)20-21(18-11-29-23(25-12-26-29)15(4)14(18)3)28-19-8-7-17(27-22(19)20)6-5-16-9-24-10-16/h7-8,11-13,16,24,28H,5-6,9-10H2,1-4H3. The van der Waals surface area contributed by atoms with Crippen LogP contribution in [0.3, 0.4) is 0 Å². The lowest BCUT2D eigenvalue weighted by molar-refractivity contribution is 0.327. The van der Waals surface area contributed by atoms with Gasteiger partial charge in [0.25, 0.3) is 0 Å². The van der Waals surface area contributed by atoms with Gasteiger partial charge < -0.3 is 10.3 Å². The highest BCUT2D eigenvalue weighted by Crippen LogP contribution is 2.37. The van der Waals surface area contributed by atoms with E-state index in [1.165, 1.54) is 28.8 Å². The Morgan fingerprint density at radius 3 is 2.72 bits per heavy atom. The molecule has 0 unspecified atom stereocenters. The number of hydrogen-bond acceptors (Lipinski definition) is 4. The number of nitrogens with one attached hydrogen (secondary N) is 2. The highest BCUT2D eigenvalue weighted by molar-refractivity contribution is 5.89. The van der Waals surface area contributed by atoms with Gasteiger partial charge in [-0.3, -0.25) is 4.98 Å². The predicted octanol–water partition coefficient (Wildman–Crippen LogP) is 4.16. The summed E-state index contributed by atoms with van der Waals surface area (Å²) in [5, 5.41) is 7.73. The molecule has 0 radical (unpaired) electrons. The van der Waals surface area contributed by atoms with Crippen LogP contribution < -0.4 is 5.32 Å². The lowest BCUT2D eigenvalue weighted by Crippen LogP contribution is -2.42. The van der Waals surface area contributed by atoms with Gasteiger partial charge in [-0.25, -0.2) is 9.50 Å². The van der Waals surface area contributed by atoms with Crippen molar-refractivity contribution >= 4 is 16.7 Å². The Morgan fingerprint density at radius 1 is 1.17 bits per heavy atom. The van der Waals surface area contributed by atoms with Crippen LogP contribution in [0.25, 0.3) is 27.9 Å². The normalized spacial score (nSPS) is 14.9. The van der Waals surface area contributed by atoms with Crippen LogP contribution in [0.15, 0.2) is 24.7 Å². The highest BCUT2D eigenvalue weighted by Gasteiger charge is 2.21. The van der Waals surface area contributed by atoms with E-state index in [0.717, 1.165) is 53.4 Å². The molecule has 0 aliphatic carbocycles. The number of pyridine rings is 2. The zero-order chi connectivity index (χ0) is 20.1. The average molecular weight is 389 g/mol. The Bertz CT molecular complexity index is 1200. The Labute approximate surface area is 170 Å². The quantitative estimate of drug-likeness (QED) is 0.538. The third-order valence-corrected chi connectivity index (χ3v) is 6.38. The molecule has 6 nitrogen and oxygen atoms in total. The Kier molecular flexibility index (Phi) is 4.39. The van der Waals surface area contributed by atoms with Gasteiger partial charge in [-0.15, -0.1) is 0 Å². The molecule has 0 aromatic carbocycles. The summed E-state index contributed by atoms with van der Waals surface area (Å²) in [6, 6.07) is 4.37. The van der Waals surface area contributed by atoms with E-state index in [1.807, 2.05) is 4.52 Å². The number of aromatic nitrogens is 5. The van der Waals surface area contributed by atoms with Gasteiger partial charge in [0.15, 0.2) is 5.65 Å². The molecule has 1 saturated heterocycles. The van der Waals surface area contributed by atoms with E-state index in [9.17, 15) is 0 Å². The third kappa shape index (κ3) is 3.02. The Balaban J connectivity index is 1.63. The van der Waals surface area contributed by atoms with Gasteiger partial charge in [-0.05, 0) is 74.9 Å². The number of aryl methyl sites for hydroxylation is 2. The lowest BCUT2D eigenvalue weighted by Gasteiger charge is -2.26. The molecular weight excluding hydrogens is 360 g/mol. The van der Waals surface area contributed by atoms with E-state index < -0.39 is 0 Å². The molecule has 6 heteroatoms. The summed E-state index contributed by atoms with van der Waals surface area (Å²) in [6.07, 6.45) is 5.96. The molecule has 4 aromatic rings. The minimum absolute atomic E-state index is 0.364. The molecule has 0 amide bonds. The molecule has 150 valence electrons. The molecule has 1 aliphatic rings. The lowest BCUT2D eigenvalue weighted by atomic mass is 9.95. The summed E-state index contributed by atoms with van der Waals surface area (Å²) in [5.41, 5.74) is 10.3. The van der Waals surface area contributed by atoms with Crippen LogP contribution in [0.5, 0.6) is 0 Å². The van der Waals surface area contributed by atoms with Gasteiger partial charge in [0.1, 0.15) is 6.33 Å². The molecule has 5 rings (SSSR count). The number of aromatic amines is 1. The van der Waals surface area contributed by atoms with Crippen molar-refractivity contribution in [1.82, 2.24) is 29.9 Å². The number of fused-ring (bicyclic) bond motifs is 2. The van der Waals surface area contributed by atoms with Gasteiger partial charge >= 0.3 is 0 Å². The third-order valence-electron chi connectivity index (χ3n) is 6.38. The summed E-state index contributed by atoms with van der Waals surface area (Å²) in [4.78, 5) is 13.2. The van der Waals surface area contributed by atoms with Crippen LogP contribution in [-0.2, 0) is 6.42 Å². The van der Waals surface area contributed by atoms with E-state index in [1.54, 1.807) is 6.33 Å². The smallest absolute Gasteiger partial charge is 0.158 e. The number of rotatable bonds is 5. The van der Waals surface area contributed by atoms with Crippen molar-refractivity contribution in [1.29, 1.82) is 0 Å². The Hall–Kier alpha value is -2.73. The zero-order valence-electron chi connectivity index (χ0n) is 17.6. The second-order valence-corrected chi connectivity index (χ2v) is 8.65. The monoisotopic (exact) mass is 388 g/mol. The van der Waals surface area contributed by atoms with Crippen LogP contribution >= 0.6 is 0 Å². The predicted molar refractivity (Wildman–Crippen MR) is 116 cm³/mol. The van der Waals surface area contributed by atoms with Gasteiger partial charge in [-0.2, -0.15) is 5.10 Å². The van der Waals surface area contributed by atoms with Crippen LogP contribution in [0, 0.1) is 19.8 Å². The molecule has 0 bridgehead atoms. The maximum atomic E-state index is 5.09. The molecule has 0 atom stereocenters. The van der Waals surface area contributed by atoms with Crippen molar-refractivity contribution in [3.05, 3.63) is 47.0 Å². The van der Waals surface area contributed by atoms with Crippen LogP contribution in [-0.4, -0.2) is 37.7 Å². The summed E-state index contributed by atoms with van der Waals surface area (Å²) in [6.45, 7) is 11.1. The summed E-state index contributed by atoms with van der Waals surface area (Å²) in [7, 11) is 0. The molecule has 4 aromatic heterocycles. The summed E-state index contributed by atoms with van der Waals surface area (Å²) < 4.78 is 1.87. The Morgan fingerprint density at radius 2 is 2.00 bits per heavy atom. The molecule has 2 N–H and O–H groups in total. The number of H-pyrrole nitrogens is 1. The van der Waals surface area contributed by atoms with Crippen LogP contribution in [0.2, 0.25) is 0 Å². The van der Waals surface area contributed by atoms with Crippen molar-refractivity contribution in [2.75, 3.05) is 13.1 Å². The topological polar surface area (TPSA) is 70.9 Å². The molecular formula is C23H28N6. The van der Waals surface area contributed by atoms with Gasteiger partial charge in [0, 0.05) is 23.0 Å². The maximum Gasteiger partial charge on any atom is 0.158 e. The molecule has 0 spiro atoms. The maximum absolute atomic E-state index is 5.09. The van der Waals surface area contributed by atoms with Crippen molar-refractivity contribution in [2.45, 2.75) is 46.5 Å².